The first-order valence-corrected chi connectivity index (χ1v) is 8.70. The van der Waals surface area contributed by atoms with E-state index < -0.39 is 0 Å². The average molecular weight is 298 g/mol. The predicted molar refractivity (Wildman–Crippen MR) is 85.0 cm³/mol. The highest BCUT2D eigenvalue weighted by atomic mass is 16.7. The van der Waals surface area contributed by atoms with Gasteiger partial charge in [0.2, 0.25) is 0 Å². The van der Waals surface area contributed by atoms with Crippen molar-refractivity contribution in [2.75, 3.05) is 0 Å². The molecule has 2 fully saturated rings. The van der Waals surface area contributed by atoms with E-state index in [1.807, 2.05) is 0 Å². The van der Waals surface area contributed by atoms with Crippen molar-refractivity contribution in [2.24, 2.45) is 29.6 Å². The minimum Gasteiger partial charge on any atom is -0.373 e. The third-order valence-electron chi connectivity index (χ3n) is 6.45. The maximum atomic E-state index is 6.43. The Hall–Kier alpha value is -0.120. The average Bonchev–Trinajstić information content (AvgIpc) is 2.44. The SMILES string of the molecule is CC1C(C)[C@H](C)C(C)O[C@H]1O[C@@H]1C(C)O[C@@H](C)C(C)C1C. The molecule has 3 heteroatoms. The van der Waals surface area contributed by atoms with Gasteiger partial charge in [-0.2, -0.15) is 0 Å². The van der Waals surface area contributed by atoms with Gasteiger partial charge in [-0.3, -0.25) is 0 Å². The molecule has 2 aliphatic heterocycles. The van der Waals surface area contributed by atoms with Gasteiger partial charge in [0.1, 0.15) is 0 Å². The smallest absolute Gasteiger partial charge is 0.161 e. The van der Waals surface area contributed by atoms with E-state index in [0.717, 1.165) is 0 Å². The Balaban J connectivity index is 2.06. The fraction of sp³-hybridized carbons (Fsp3) is 1.00. The third kappa shape index (κ3) is 3.30. The van der Waals surface area contributed by atoms with E-state index in [0.29, 0.717) is 35.7 Å². The molecule has 3 nitrogen and oxygen atoms in total. The van der Waals surface area contributed by atoms with Crippen LogP contribution in [-0.4, -0.2) is 30.7 Å². The maximum Gasteiger partial charge on any atom is 0.161 e. The molecule has 2 rings (SSSR count). The van der Waals surface area contributed by atoms with Crippen LogP contribution in [0.25, 0.3) is 0 Å². The number of rotatable bonds is 2. The Kier molecular flexibility index (Phi) is 5.38. The molecule has 10 atom stereocenters. The fourth-order valence-electron chi connectivity index (χ4n) is 3.85. The summed E-state index contributed by atoms with van der Waals surface area (Å²) < 4.78 is 18.6. The molecule has 0 radical (unpaired) electrons. The summed E-state index contributed by atoms with van der Waals surface area (Å²) >= 11 is 0. The van der Waals surface area contributed by atoms with Crippen molar-refractivity contribution in [1.29, 1.82) is 0 Å². The fourth-order valence-corrected chi connectivity index (χ4v) is 3.85. The zero-order valence-electron chi connectivity index (χ0n) is 15.0. The lowest BCUT2D eigenvalue weighted by molar-refractivity contribution is -0.294. The molecule has 0 spiro atoms. The highest BCUT2D eigenvalue weighted by Crippen LogP contribution is 2.39. The Bertz CT molecular complexity index is 345. The second-order valence-corrected chi connectivity index (χ2v) is 7.65. The first-order valence-electron chi connectivity index (χ1n) is 8.70. The van der Waals surface area contributed by atoms with Crippen molar-refractivity contribution >= 4 is 0 Å². The summed E-state index contributed by atoms with van der Waals surface area (Å²) in [6.07, 6.45) is 0.707. The zero-order valence-corrected chi connectivity index (χ0v) is 15.0. The molecule has 0 amide bonds. The van der Waals surface area contributed by atoms with Crippen molar-refractivity contribution in [2.45, 2.75) is 86.1 Å². The van der Waals surface area contributed by atoms with Crippen LogP contribution in [0.1, 0.15) is 55.4 Å². The van der Waals surface area contributed by atoms with Gasteiger partial charge in [-0.15, -0.1) is 0 Å². The van der Waals surface area contributed by atoms with Crippen LogP contribution >= 0.6 is 0 Å². The topological polar surface area (TPSA) is 27.7 Å². The first-order chi connectivity index (χ1) is 9.73. The van der Waals surface area contributed by atoms with Crippen molar-refractivity contribution in [3.63, 3.8) is 0 Å². The Morgan fingerprint density at radius 3 is 1.67 bits per heavy atom. The summed E-state index contributed by atoms with van der Waals surface area (Å²) in [5, 5.41) is 0. The van der Waals surface area contributed by atoms with Crippen LogP contribution in [0.4, 0.5) is 0 Å². The third-order valence-corrected chi connectivity index (χ3v) is 6.45. The maximum absolute atomic E-state index is 6.43. The van der Waals surface area contributed by atoms with Gasteiger partial charge in [-0.05, 0) is 44.4 Å². The van der Waals surface area contributed by atoms with Crippen molar-refractivity contribution in [1.82, 2.24) is 0 Å². The van der Waals surface area contributed by atoms with Crippen molar-refractivity contribution in [3.8, 4) is 0 Å². The minimum absolute atomic E-state index is 0.106. The number of hydrogen-bond donors (Lipinski definition) is 0. The summed E-state index contributed by atoms with van der Waals surface area (Å²) in [6, 6.07) is 0. The second kappa shape index (κ2) is 6.55. The van der Waals surface area contributed by atoms with Crippen LogP contribution in [-0.2, 0) is 14.2 Å². The van der Waals surface area contributed by atoms with Gasteiger partial charge < -0.3 is 14.2 Å². The molecular formula is C18H34O3. The molecule has 0 aromatic carbocycles. The summed E-state index contributed by atoms with van der Waals surface area (Å²) in [6.45, 7) is 17.9. The molecule has 0 aliphatic carbocycles. The predicted octanol–water partition coefficient (Wildman–Crippen LogP) is 4.10. The van der Waals surface area contributed by atoms with E-state index in [1.165, 1.54) is 0 Å². The lowest BCUT2D eigenvalue weighted by Crippen LogP contribution is -2.53. The molecule has 0 saturated carbocycles. The quantitative estimate of drug-likeness (QED) is 0.768. The summed E-state index contributed by atoms with van der Waals surface area (Å²) in [5.74, 6) is 2.62. The van der Waals surface area contributed by atoms with Gasteiger partial charge in [-0.1, -0.05) is 34.6 Å². The van der Waals surface area contributed by atoms with Crippen LogP contribution in [0, 0.1) is 29.6 Å². The van der Waals surface area contributed by atoms with Crippen LogP contribution in [0.5, 0.6) is 0 Å². The van der Waals surface area contributed by atoms with Gasteiger partial charge >= 0.3 is 0 Å². The molecule has 0 aromatic heterocycles. The zero-order chi connectivity index (χ0) is 15.9. The summed E-state index contributed by atoms with van der Waals surface area (Å²) in [4.78, 5) is 0. The molecule has 0 aromatic rings. The molecule has 21 heavy (non-hydrogen) atoms. The minimum atomic E-state index is -0.106. The van der Waals surface area contributed by atoms with E-state index in [-0.39, 0.29) is 24.6 Å². The molecule has 2 heterocycles. The van der Waals surface area contributed by atoms with Gasteiger partial charge in [0, 0.05) is 5.92 Å². The van der Waals surface area contributed by atoms with Gasteiger partial charge in [0.15, 0.2) is 6.29 Å². The van der Waals surface area contributed by atoms with Crippen molar-refractivity contribution < 1.29 is 14.2 Å². The van der Waals surface area contributed by atoms with Gasteiger partial charge in [0.05, 0.1) is 24.4 Å². The Morgan fingerprint density at radius 1 is 0.524 bits per heavy atom. The Morgan fingerprint density at radius 2 is 1.05 bits per heavy atom. The van der Waals surface area contributed by atoms with Crippen LogP contribution in [0.2, 0.25) is 0 Å². The normalized spacial score (nSPS) is 55.4. The van der Waals surface area contributed by atoms with Crippen molar-refractivity contribution in [3.05, 3.63) is 0 Å². The van der Waals surface area contributed by atoms with E-state index >= 15 is 0 Å². The summed E-state index contributed by atoms with van der Waals surface area (Å²) in [7, 11) is 0. The van der Waals surface area contributed by atoms with Crippen LogP contribution < -0.4 is 0 Å². The molecule has 2 saturated heterocycles. The Labute approximate surface area is 130 Å². The summed E-state index contributed by atoms with van der Waals surface area (Å²) in [5.41, 5.74) is 0. The molecule has 2 aliphatic rings. The highest BCUT2D eigenvalue weighted by Gasteiger charge is 2.43. The van der Waals surface area contributed by atoms with Gasteiger partial charge in [0.25, 0.3) is 0 Å². The first kappa shape index (κ1) is 17.2. The number of ether oxygens (including phenoxy) is 3. The molecule has 6 unspecified atom stereocenters. The molecular weight excluding hydrogens is 264 g/mol. The monoisotopic (exact) mass is 298 g/mol. The highest BCUT2D eigenvalue weighted by molar-refractivity contribution is 4.88. The van der Waals surface area contributed by atoms with E-state index in [4.69, 9.17) is 14.2 Å². The van der Waals surface area contributed by atoms with Crippen LogP contribution in [0.3, 0.4) is 0 Å². The van der Waals surface area contributed by atoms with E-state index in [1.54, 1.807) is 0 Å². The number of hydrogen-bond acceptors (Lipinski definition) is 3. The molecule has 124 valence electrons. The second-order valence-electron chi connectivity index (χ2n) is 7.65. The largest absolute Gasteiger partial charge is 0.373 e. The lowest BCUT2D eigenvalue weighted by atomic mass is 9.79. The standard InChI is InChI=1S/C18H34O3/c1-9-10(2)15(7)20-18(13(9)5)21-17-12(4)11(3)14(6)19-16(17)8/h9-18H,1-8H3/t9?,10-,11?,12?,13?,14-,15?,16?,17-,18-/m0/s1. The molecule has 0 bridgehead atoms. The molecule has 0 N–H and O–H groups in total. The lowest BCUT2D eigenvalue weighted by Gasteiger charge is -2.47. The van der Waals surface area contributed by atoms with Gasteiger partial charge in [-0.25, -0.2) is 0 Å². The van der Waals surface area contributed by atoms with Crippen LogP contribution in [0.15, 0.2) is 0 Å². The van der Waals surface area contributed by atoms with E-state index in [2.05, 4.69) is 55.4 Å². The van der Waals surface area contributed by atoms with E-state index in [9.17, 15) is 0 Å².